The van der Waals surface area contributed by atoms with E-state index in [1.807, 2.05) is 0 Å². The van der Waals surface area contributed by atoms with Crippen LogP contribution in [0.15, 0.2) is 12.2 Å². The third kappa shape index (κ3) is 2.14. The van der Waals surface area contributed by atoms with Crippen LogP contribution in [0.1, 0.15) is 46.0 Å². The first kappa shape index (κ1) is 9.26. The molecule has 1 aliphatic heterocycles. The molecule has 1 fully saturated rings. The second kappa shape index (κ2) is 3.45. The van der Waals surface area contributed by atoms with Gasteiger partial charge in [0.25, 0.3) is 0 Å². The Hall–Kier alpha value is -0.300. The van der Waals surface area contributed by atoms with Crippen molar-refractivity contribution in [2.45, 2.75) is 57.7 Å². The molecule has 0 spiro atoms. The van der Waals surface area contributed by atoms with Gasteiger partial charge in [-0.05, 0) is 32.6 Å². The van der Waals surface area contributed by atoms with Crippen molar-refractivity contribution in [1.82, 2.24) is 0 Å². The van der Waals surface area contributed by atoms with Crippen LogP contribution >= 0.6 is 0 Å². The van der Waals surface area contributed by atoms with Gasteiger partial charge in [0.15, 0.2) is 0 Å². The third-order valence-corrected chi connectivity index (χ3v) is 3.24. The Balaban J connectivity index is 1.92. The van der Waals surface area contributed by atoms with Crippen LogP contribution in [-0.2, 0) is 4.74 Å². The number of ether oxygens (including phenoxy) is 1. The van der Waals surface area contributed by atoms with Gasteiger partial charge in [0.1, 0.15) is 0 Å². The molecule has 74 valence electrons. The van der Waals surface area contributed by atoms with E-state index < -0.39 is 0 Å². The van der Waals surface area contributed by atoms with Crippen LogP contribution < -0.4 is 0 Å². The maximum Gasteiger partial charge on any atom is 0.0815 e. The molecule has 0 radical (unpaired) electrons. The van der Waals surface area contributed by atoms with E-state index in [-0.39, 0.29) is 5.60 Å². The lowest BCUT2D eigenvalue weighted by molar-refractivity contribution is -0.0322. The summed E-state index contributed by atoms with van der Waals surface area (Å²) >= 11 is 0. The van der Waals surface area contributed by atoms with Gasteiger partial charge in [-0.25, -0.2) is 0 Å². The van der Waals surface area contributed by atoms with Crippen molar-refractivity contribution in [3.63, 3.8) is 0 Å². The maximum absolute atomic E-state index is 5.98. The second-order valence-electron chi connectivity index (χ2n) is 4.94. The third-order valence-electron chi connectivity index (χ3n) is 3.24. The van der Waals surface area contributed by atoms with E-state index in [4.69, 9.17) is 4.74 Å². The van der Waals surface area contributed by atoms with Gasteiger partial charge in [0.2, 0.25) is 0 Å². The van der Waals surface area contributed by atoms with Crippen molar-refractivity contribution < 1.29 is 4.74 Å². The standard InChI is InChI=1S/C12H20O/c1-12(2)9-8-11(13-12)10-6-4-3-5-7-10/h8-11H,3-7H2,1-2H3/t11-/m1/s1. The Kier molecular flexibility index (Phi) is 2.46. The highest BCUT2D eigenvalue weighted by atomic mass is 16.5. The summed E-state index contributed by atoms with van der Waals surface area (Å²) in [6, 6.07) is 0. The molecule has 0 N–H and O–H groups in total. The lowest BCUT2D eigenvalue weighted by Gasteiger charge is -2.29. The van der Waals surface area contributed by atoms with E-state index in [2.05, 4.69) is 26.0 Å². The first-order valence-corrected chi connectivity index (χ1v) is 5.54. The number of rotatable bonds is 1. The van der Waals surface area contributed by atoms with E-state index in [1.165, 1.54) is 32.1 Å². The molecule has 0 unspecified atom stereocenters. The van der Waals surface area contributed by atoms with Crippen molar-refractivity contribution in [2.75, 3.05) is 0 Å². The van der Waals surface area contributed by atoms with Crippen LogP contribution in [0, 0.1) is 5.92 Å². The van der Waals surface area contributed by atoms with Crippen LogP contribution in [0.25, 0.3) is 0 Å². The Bertz CT molecular complexity index is 199. The molecular weight excluding hydrogens is 160 g/mol. The van der Waals surface area contributed by atoms with Crippen molar-refractivity contribution in [2.24, 2.45) is 5.92 Å². The zero-order valence-electron chi connectivity index (χ0n) is 8.75. The van der Waals surface area contributed by atoms with Gasteiger partial charge in [-0.3, -0.25) is 0 Å². The number of hydrogen-bond donors (Lipinski definition) is 0. The molecule has 1 heterocycles. The van der Waals surface area contributed by atoms with Crippen LogP contribution in [0.3, 0.4) is 0 Å². The first-order valence-electron chi connectivity index (χ1n) is 5.54. The van der Waals surface area contributed by atoms with Gasteiger partial charge in [0.05, 0.1) is 11.7 Å². The lowest BCUT2D eigenvalue weighted by atomic mass is 9.85. The van der Waals surface area contributed by atoms with Gasteiger partial charge in [0, 0.05) is 0 Å². The summed E-state index contributed by atoms with van der Waals surface area (Å²) in [4.78, 5) is 0. The molecule has 0 saturated heterocycles. The van der Waals surface area contributed by atoms with Gasteiger partial charge < -0.3 is 4.74 Å². The van der Waals surface area contributed by atoms with Crippen LogP contribution in [0.4, 0.5) is 0 Å². The average Bonchev–Trinajstić information content (AvgIpc) is 2.48. The van der Waals surface area contributed by atoms with Crippen LogP contribution in [-0.4, -0.2) is 11.7 Å². The predicted molar refractivity (Wildman–Crippen MR) is 54.7 cm³/mol. The topological polar surface area (TPSA) is 9.23 Å². The molecule has 0 aromatic heterocycles. The molecule has 13 heavy (non-hydrogen) atoms. The van der Waals surface area contributed by atoms with Gasteiger partial charge in [-0.15, -0.1) is 0 Å². The highest BCUT2D eigenvalue weighted by molar-refractivity contribution is 5.09. The smallest absolute Gasteiger partial charge is 0.0815 e. The van der Waals surface area contributed by atoms with Crippen LogP contribution in [0.2, 0.25) is 0 Å². The fourth-order valence-corrected chi connectivity index (χ4v) is 2.47. The summed E-state index contributed by atoms with van der Waals surface area (Å²) in [5.74, 6) is 0.798. The summed E-state index contributed by atoms with van der Waals surface area (Å²) < 4.78 is 5.98. The Morgan fingerprint density at radius 2 is 1.85 bits per heavy atom. The molecule has 2 aliphatic rings. The molecule has 1 heteroatoms. The molecule has 0 amide bonds. The van der Waals surface area contributed by atoms with E-state index >= 15 is 0 Å². The monoisotopic (exact) mass is 180 g/mol. The van der Waals surface area contributed by atoms with Gasteiger partial charge in [-0.2, -0.15) is 0 Å². The fourth-order valence-electron chi connectivity index (χ4n) is 2.47. The van der Waals surface area contributed by atoms with E-state index in [0.717, 1.165) is 5.92 Å². The first-order chi connectivity index (χ1) is 6.17. The molecule has 0 aromatic rings. The minimum absolute atomic E-state index is 0.0118. The normalized spacial score (nSPS) is 33.8. The summed E-state index contributed by atoms with van der Waals surface area (Å²) in [5, 5.41) is 0. The molecule has 1 saturated carbocycles. The molecule has 1 aliphatic carbocycles. The molecule has 0 bridgehead atoms. The minimum atomic E-state index is -0.0118. The predicted octanol–water partition coefficient (Wildman–Crippen LogP) is 3.30. The Morgan fingerprint density at radius 3 is 2.38 bits per heavy atom. The summed E-state index contributed by atoms with van der Waals surface area (Å²) in [7, 11) is 0. The van der Waals surface area contributed by atoms with E-state index in [0.29, 0.717) is 6.10 Å². The maximum atomic E-state index is 5.98. The Labute approximate surface area is 81.2 Å². The van der Waals surface area contributed by atoms with E-state index in [9.17, 15) is 0 Å². The molecule has 1 nitrogen and oxygen atoms in total. The summed E-state index contributed by atoms with van der Waals surface area (Å²) in [5.41, 5.74) is -0.0118. The quantitative estimate of drug-likeness (QED) is 0.563. The molecule has 2 rings (SSSR count). The molecule has 0 aromatic carbocycles. The van der Waals surface area contributed by atoms with Gasteiger partial charge in [-0.1, -0.05) is 31.4 Å². The van der Waals surface area contributed by atoms with Gasteiger partial charge >= 0.3 is 0 Å². The zero-order valence-corrected chi connectivity index (χ0v) is 8.75. The minimum Gasteiger partial charge on any atom is -0.364 e. The van der Waals surface area contributed by atoms with Crippen molar-refractivity contribution in [3.05, 3.63) is 12.2 Å². The largest absolute Gasteiger partial charge is 0.364 e. The fraction of sp³-hybridized carbons (Fsp3) is 0.833. The van der Waals surface area contributed by atoms with E-state index in [1.54, 1.807) is 0 Å². The van der Waals surface area contributed by atoms with Crippen molar-refractivity contribution in [1.29, 1.82) is 0 Å². The molecule has 1 atom stereocenters. The number of hydrogen-bond acceptors (Lipinski definition) is 1. The van der Waals surface area contributed by atoms with Crippen molar-refractivity contribution in [3.8, 4) is 0 Å². The van der Waals surface area contributed by atoms with Crippen molar-refractivity contribution >= 4 is 0 Å². The highest BCUT2D eigenvalue weighted by Crippen LogP contribution is 2.34. The SMILES string of the molecule is CC1(C)C=C[C@H](C2CCCCC2)O1. The zero-order chi connectivity index (χ0) is 9.31. The Morgan fingerprint density at radius 1 is 1.15 bits per heavy atom. The average molecular weight is 180 g/mol. The lowest BCUT2D eigenvalue weighted by Crippen LogP contribution is -2.27. The second-order valence-corrected chi connectivity index (χ2v) is 4.94. The summed E-state index contributed by atoms with van der Waals surface area (Å²) in [6.45, 7) is 4.29. The molecular formula is C12H20O. The van der Waals surface area contributed by atoms with Crippen LogP contribution in [0.5, 0.6) is 0 Å². The summed E-state index contributed by atoms with van der Waals surface area (Å²) in [6.07, 6.45) is 11.9. The highest BCUT2D eigenvalue weighted by Gasteiger charge is 2.31.